The maximum absolute atomic E-state index is 12.5. The van der Waals surface area contributed by atoms with Crippen LogP contribution in [0.2, 0.25) is 0 Å². The summed E-state index contributed by atoms with van der Waals surface area (Å²) in [5.74, 6) is -1.06. The van der Waals surface area contributed by atoms with Gasteiger partial charge in [0.05, 0.1) is 6.67 Å². The average molecular weight is 211 g/mol. The molecular weight excluding hydrogens is 201 g/mol. The smallest absolute Gasteiger partial charge is 0.322 e. The highest BCUT2D eigenvalue weighted by molar-refractivity contribution is 6.04. The van der Waals surface area contributed by atoms with Crippen molar-refractivity contribution < 1.29 is 14.0 Å². The normalized spacial score (nSPS) is 9.47. The summed E-state index contributed by atoms with van der Waals surface area (Å²) in [6.07, 6.45) is 0. The molecule has 0 heterocycles. The number of rotatable bonds is 2. The molecule has 0 aromatic heterocycles. The fourth-order valence-corrected chi connectivity index (χ4v) is 0.913. The number of benzene rings is 1. The Hall–Kier alpha value is -1.95. The molecule has 0 saturated heterocycles. The molecule has 6 heteroatoms. The van der Waals surface area contributed by atoms with E-state index in [2.05, 4.69) is 5.32 Å². The first kappa shape index (κ1) is 11.1. The molecule has 0 aliphatic heterocycles. The standard InChI is InChI=1S/C9H10FN3O2/c10-7-3-1-6(2-4-7)8(14)13-9(15)12-5-11/h1-4H,5,11H2,(H2,12,13,14,15). The van der Waals surface area contributed by atoms with Crippen molar-refractivity contribution in [1.29, 1.82) is 0 Å². The van der Waals surface area contributed by atoms with Gasteiger partial charge >= 0.3 is 6.03 Å². The van der Waals surface area contributed by atoms with Crippen LogP contribution in [0.5, 0.6) is 0 Å². The number of nitrogens with two attached hydrogens (primary N) is 1. The van der Waals surface area contributed by atoms with Crippen LogP contribution in [0.3, 0.4) is 0 Å². The van der Waals surface area contributed by atoms with Crippen LogP contribution in [-0.4, -0.2) is 18.6 Å². The Kier molecular flexibility index (Phi) is 3.75. The number of carbonyl (C=O) groups excluding carboxylic acids is 2. The number of urea groups is 1. The summed E-state index contributed by atoms with van der Waals surface area (Å²) in [5.41, 5.74) is 5.23. The predicted molar refractivity (Wildman–Crippen MR) is 51.5 cm³/mol. The highest BCUT2D eigenvalue weighted by Crippen LogP contribution is 2.01. The minimum absolute atomic E-state index is 0.0669. The molecule has 3 amide bonds. The lowest BCUT2D eigenvalue weighted by Gasteiger charge is -2.04. The van der Waals surface area contributed by atoms with E-state index in [1.807, 2.05) is 5.32 Å². The van der Waals surface area contributed by atoms with Crippen LogP contribution in [0.15, 0.2) is 24.3 Å². The molecular formula is C9H10FN3O2. The van der Waals surface area contributed by atoms with Crippen molar-refractivity contribution in [1.82, 2.24) is 10.6 Å². The first-order valence-corrected chi connectivity index (χ1v) is 4.18. The van der Waals surface area contributed by atoms with Crippen LogP contribution in [0.4, 0.5) is 9.18 Å². The van der Waals surface area contributed by atoms with Gasteiger partial charge in [-0.1, -0.05) is 0 Å². The van der Waals surface area contributed by atoms with Crippen molar-refractivity contribution in [3.63, 3.8) is 0 Å². The third-order valence-electron chi connectivity index (χ3n) is 1.60. The van der Waals surface area contributed by atoms with Crippen molar-refractivity contribution in [2.24, 2.45) is 5.73 Å². The molecule has 1 rings (SSSR count). The van der Waals surface area contributed by atoms with Gasteiger partial charge in [0.2, 0.25) is 0 Å². The lowest BCUT2D eigenvalue weighted by Crippen LogP contribution is -2.41. The fraction of sp³-hybridized carbons (Fsp3) is 0.111. The van der Waals surface area contributed by atoms with Crippen molar-refractivity contribution in [2.45, 2.75) is 0 Å². The number of carbonyl (C=O) groups is 2. The fourth-order valence-electron chi connectivity index (χ4n) is 0.913. The van der Waals surface area contributed by atoms with Gasteiger partial charge in [0.15, 0.2) is 0 Å². The van der Waals surface area contributed by atoms with E-state index in [1.165, 1.54) is 12.1 Å². The second-order valence-corrected chi connectivity index (χ2v) is 2.67. The van der Waals surface area contributed by atoms with Crippen molar-refractivity contribution in [3.8, 4) is 0 Å². The predicted octanol–water partition coefficient (Wildman–Crippen LogP) is 0.181. The van der Waals surface area contributed by atoms with Crippen LogP contribution >= 0.6 is 0 Å². The molecule has 0 spiro atoms. The SMILES string of the molecule is NCNC(=O)NC(=O)c1ccc(F)cc1. The summed E-state index contributed by atoms with van der Waals surface area (Å²) < 4.78 is 12.5. The van der Waals surface area contributed by atoms with E-state index in [1.54, 1.807) is 0 Å². The maximum atomic E-state index is 12.5. The van der Waals surface area contributed by atoms with Gasteiger partial charge in [-0.25, -0.2) is 9.18 Å². The summed E-state index contributed by atoms with van der Waals surface area (Å²) in [6, 6.07) is 4.14. The summed E-state index contributed by atoms with van der Waals surface area (Å²) >= 11 is 0. The molecule has 0 aliphatic carbocycles. The second-order valence-electron chi connectivity index (χ2n) is 2.67. The Labute approximate surface area is 85.5 Å². The number of nitrogens with one attached hydrogen (secondary N) is 2. The van der Waals surface area contributed by atoms with E-state index >= 15 is 0 Å². The Morgan fingerprint density at radius 1 is 1.27 bits per heavy atom. The Morgan fingerprint density at radius 3 is 2.40 bits per heavy atom. The van der Waals surface area contributed by atoms with Crippen LogP contribution in [0, 0.1) is 5.82 Å². The summed E-state index contributed by atoms with van der Waals surface area (Å²) in [4.78, 5) is 22.2. The van der Waals surface area contributed by atoms with Crippen LogP contribution in [0.25, 0.3) is 0 Å². The number of hydrogen-bond donors (Lipinski definition) is 3. The molecule has 1 aromatic carbocycles. The zero-order valence-electron chi connectivity index (χ0n) is 7.79. The lowest BCUT2D eigenvalue weighted by atomic mass is 10.2. The minimum Gasteiger partial charge on any atom is -0.325 e. The van der Waals surface area contributed by atoms with Gasteiger partial charge in [-0.15, -0.1) is 0 Å². The highest BCUT2D eigenvalue weighted by atomic mass is 19.1. The number of hydrogen-bond acceptors (Lipinski definition) is 3. The molecule has 0 unspecified atom stereocenters. The molecule has 0 fully saturated rings. The quantitative estimate of drug-likeness (QED) is 0.610. The largest absolute Gasteiger partial charge is 0.325 e. The summed E-state index contributed by atoms with van der Waals surface area (Å²) in [6.45, 7) is -0.0669. The molecule has 80 valence electrons. The molecule has 1 aromatic rings. The van der Waals surface area contributed by atoms with Gasteiger partial charge in [-0.05, 0) is 24.3 Å². The first-order chi connectivity index (χ1) is 7.13. The monoisotopic (exact) mass is 211 g/mol. The van der Waals surface area contributed by atoms with E-state index in [4.69, 9.17) is 5.73 Å². The van der Waals surface area contributed by atoms with Gasteiger partial charge in [-0.3, -0.25) is 10.1 Å². The molecule has 4 N–H and O–H groups in total. The van der Waals surface area contributed by atoms with Crippen molar-refractivity contribution in [3.05, 3.63) is 35.6 Å². The zero-order valence-corrected chi connectivity index (χ0v) is 7.79. The number of amides is 3. The third-order valence-corrected chi connectivity index (χ3v) is 1.60. The Balaban J connectivity index is 2.61. The van der Waals surface area contributed by atoms with Gasteiger partial charge < -0.3 is 11.1 Å². The molecule has 0 aliphatic rings. The molecule has 0 bridgehead atoms. The van der Waals surface area contributed by atoms with E-state index < -0.39 is 17.8 Å². The molecule has 5 nitrogen and oxygen atoms in total. The Bertz CT molecular complexity index is 364. The van der Waals surface area contributed by atoms with E-state index in [0.717, 1.165) is 12.1 Å². The van der Waals surface area contributed by atoms with Crippen molar-refractivity contribution in [2.75, 3.05) is 6.67 Å². The number of imide groups is 1. The average Bonchev–Trinajstić information content (AvgIpc) is 2.18. The van der Waals surface area contributed by atoms with Gasteiger partial charge in [0.25, 0.3) is 5.91 Å². The van der Waals surface area contributed by atoms with Crippen LogP contribution in [-0.2, 0) is 0 Å². The van der Waals surface area contributed by atoms with Crippen LogP contribution in [0.1, 0.15) is 10.4 Å². The summed E-state index contributed by atoms with van der Waals surface area (Å²) in [5, 5.41) is 4.22. The third kappa shape index (κ3) is 3.35. The zero-order chi connectivity index (χ0) is 11.3. The van der Waals surface area contributed by atoms with E-state index in [9.17, 15) is 14.0 Å². The van der Waals surface area contributed by atoms with Gasteiger partial charge in [0.1, 0.15) is 5.82 Å². The number of halogens is 1. The van der Waals surface area contributed by atoms with Crippen LogP contribution < -0.4 is 16.4 Å². The van der Waals surface area contributed by atoms with E-state index in [0.29, 0.717) is 0 Å². The highest BCUT2D eigenvalue weighted by Gasteiger charge is 2.08. The molecule has 15 heavy (non-hydrogen) atoms. The molecule has 0 atom stereocenters. The maximum Gasteiger partial charge on any atom is 0.322 e. The van der Waals surface area contributed by atoms with Gasteiger partial charge in [-0.2, -0.15) is 0 Å². The van der Waals surface area contributed by atoms with Gasteiger partial charge in [0, 0.05) is 5.56 Å². The molecule has 0 radical (unpaired) electrons. The van der Waals surface area contributed by atoms with Crippen molar-refractivity contribution >= 4 is 11.9 Å². The molecule has 0 saturated carbocycles. The summed E-state index contributed by atoms with van der Waals surface area (Å²) in [7, 11) is 0. The topological polar surface area (TPSA) is 84.2 Å². The minimum atomic E-state index is -0.688. The van der Waals surface area contributed by atoms with E-state index in [-0.39, 0.29) is 12.2 Å². The first-order valence-electron chi connectivity index (χ1n) is 4.18. The Morgan fingerprint density at radius 2 is 1.87 bits per heavy atom. The lowest BCUT2D eigenvalue weighted by molar-refractivity contribution is 0.0964. The second kappa shape index (κ2) is 5.06.